The van der Waals surface area contributed by atoms with Crippen molar-refractivity contribution < 1.29 is 18.8 Å². The molecule has 0 saturated carbocycles. The Kier molecular flexibility index (Phi) is 3.76. The Balaban J connectivity index is 2.76. The normalized spacial score (nSPS) is 23.2. The molecule has 1 aliphatic rings. The molecule has 0 aromatic heterocycles. The Morgan fingerprint density at radius 3 is 2.25 bits per heavy atom. The van der Waals surface area contributed by atoms with E-state index in [0.29, 0.717) is 13.2 Å². The quantitative estimate of drug-likeness (QED) is 0.762. The van der Waals surface area contributed by atoms with Crippen LogP contribution in [0.15, 0.2) is 0 Å². The molecular weight excluding hydrogens is 230 g/mol. The fourth-order valence-corrected chi connectivity index (χ4v) is 2.26. The molecule has 5 nitrogen and oxygen atoms in total. The van der Waals surface area contributed by atoms with E-state index in [4.69, 9.17) is 9.84 Å². The Morgan fingerprint density at radius 2 is 2.00 bits per heavy atom. The van der Waals surface area contributed by atoms with Gasteiger partial charge in [-0.3, -0.25) is 4.79 Å². The number of carboxylic acids is 1. The largest absolute Gasteiger partial charge is 0.481 e. The molecule has 1 fully saturated rings. The highest BCUT2D eigenvalue weighted by atomic mass is 32.2. The summed E-state index contributed by atoms with van der Waals surface area (Å²) in [7, 11) is -1.29. The van der Waals surface area contributed by atoms with Crippen LogP contribution in [0.5, 0.6) is 0 Å². The van der Waals surface area contributed by atoms with Crippen LogP contribution in [0, 0.1) is 5.92 Å². The van der Waals surface area contributed by atoms with E-state index >= 15 is 0 Å². The zero-order valence-electron chi connectivity index (χ0n) is 10.1. The maximum atomic E-state index is 12.0. The number of nitrogens with one attached hydrogen (secondary N) is 1. The van der Waals surface area contributed by atoms with Crippen molar-refractivity contribution in [2.24, 2.45) is 5.92 Å². The molecule has 1 rings (SSSR count). The smallest absolute Gasteiger partial charge is 0.308 e. The van der Waals surface area contributed by atoms with Gasteiger partial charge in [0.15, 0.2) is 0 Å². The average Bonchev–Trinajstić information content (AvgIpc) is 2.07. The van der Waals surface area contributed by atoms with Gasteiger partial charge >= 0.3 is 5.97 Å². The van der Waals surface area contributed by atoms with Crippen molar-refractivity contribution in [1.29, 1.82) is 0 Å². The van der Waals surface area contributed by atoms with Gasteiger partial charge in [-0.25, -0.2) is 8.93 Å². The van der Waals surface area contributed by atoms with Crippen molar-refractivity contribution in [1.82, 2.24) is 4.72 Å². The Bertz CT molecular complexity index is 306. The van der Waals surface area contributed by atoms with Gasteiger partial charge in [0.05, 0.1) is 40.4 Å². The first-order chi connectivity index (χ1) is 7.19. The predicted octanol–water partition coefficient (Wildman–Crippen LogP) is 0.528. The number of carbonyl (C=O) groups is 1. The predicted molar refractivity (Wildman–Crippen MR) is 61.4 cm³/mol. The van der Waals surface area contributed by atoms with Crippen LogP contribution < -0.4 is 4.72 Å². The lowest BCUT2D eigenvalue weighted by Crippen LogP contribution is -2.67. The lowest BCUT2D eigenvalue weighted by molar-refractivity contribution is -0.155. The van der Waals surface area contributed by atoms with Gasteiger partial charge in [-0.05, 0) is 27.7 Å². The SMILES string of the molecule is C[C@@H](C(=O)O)C1(N[S@](=O)C(C)(C)C)COC1. The van der Waals surface area contributed by atoms with Gasteiger partial charge in [0, 0.05) is 0 Å². The monoisotopic (exact) mass is 249 g/mol. The van der Waals surface area contributed by atoms with Gasteiger partial charge < -0.3 is 9.84 Å². The summed E-state index contributed by atoms with van der Waals surface area (Å²) in [6.07, 6.45) is 0. The summed E-state index contributed by atoms with van der Waals surface area (Å²) in [5.74, 6) is -1.52. The van der Waals surface area contributed by atoms with Gasteiger partial charge in [-0.1, -0.05) is 0 Å². The van der Waals surface area contributed by atoms with Crippen LogP contribution in [0.4, 0.5) is 0 Å². The van der Waals surface area contributed by atoms with Crippen LogP contribution in [-0.2, 0) is 20.5 Å². The molecule has 6 heteroatoms. The number of hydrogen-bond acceptors (Lipinski definition) is 3. The molecule has 16 heavy (non-hydrogen) atoms. The zero-order valence-corrected chi connectivity index (χ0v) is 10.9. The molecule has 0 aromatic rings. The lowest BCUT2D eigenvalue weighted by Gasteiger charge is -2.45. The van der Waals surface area contributed by atoms with Crippen molar-refractivity contribution >= 4 is 17.0 Å². The minimum atomic E-state index is -1.29. The van der Waals surface area contributed by atoms with Crippen molar-refractivity contribution in [2.75, 3.05) is 13.2 Å². The molecule has 0 unspecified atom stereocenters. The van der Waals surface area contributed by atoms with Crippen molar-refractivity contribution in [3.05, 3.63) is 0 Å². The topological polar surface area (TPSA) is 75.6 Å². The van der Waals surface area contributed by atoms with E-state index in [1.165, 1.54) is 0 Å². The maximum Gasteiger partial charge on any atom is 0.308 e. The standard InChI is InChI=1S/C10H19NO4S/c1-7(8(12)13)10(5-15-6-10)11-16(14)9(2,3)4/h7,11H,5-6H2,1-4H3,(H,12,13)/t7-,16+/m0/s1. The third-order valence-corrected chi connectivity index (χ3v) is 4.47. The van der Waals surface area contributed by atoms with Gasteiger partial charge in [0.2, 0.25) is 0 Å². The minimum Gasteiger partial charge on any atom is -0.481 e. The number of hydrogen-bond donors (Lipinski definition) is 2. The molecule has 0 amide bonds. The molecule has 1 heterocycles. The number of carboxylic acid groups (broad SMARTS) is 1. The summed E-state index contributed by atoms with van der Waals surface area (Å²) < 4.78 is 19.5. The summed E-state index contributed by atoms with van der Waals surface area (Å²) in [4.78, 5) is 11.0. The molecule has 0 aliphatic carbocycles. The van der Waals surface area contributed by atoms with Crippen molar-refractivity contribution in [3.63, 3.8) is 0 Å². The molecule has 2 atom stereocenters. The van der Waals surface area contributed by atoms with Crippen LogP contribution in [0.25, 0.3) is 0 Å². The summed E-state index contributed by atoms with van der Waals surface area (Å²) in [6.45, 7) is 7.72. The van der Waals surface area contributed by atoms with E-state index in [0.717, 1.165) is 0 Å². The number of rotatable bonds is 4. The molecular formula is C10H19NO4S. The second-order valence-corrected chi connectivity index (χ2v) is 7.16. The van der Waals surface area contributed by atoms with E-state index in [9.17, 15) is 9.00 Å². The van der Waals surface area contributed by atoms with Crippen LogP contribution >= 0.6 is 0 Å². The van der Waals surface area contributed by atoms with Gasteiger partial charge in [0.1, 0.15) is 0 Å². The van der Waals surface area contributed by atoms with Crippen molar-refractivity contribution in [2.45, 2.75) is 38.0 Å². The summed E-state index contributed by atoms with van der Waals surface area (Å²) in [5, 5.41) is 9.00. The molecule has 0 aromatic carbocycles. The number of aliphatic carboxylic acids is 1. The summed E-state index contributed by atoms with van der Waals surface area (Å²) >= 11 is 0. The first-order valence-electron chi connectivity index (χ1n) is 5.19. The molecule has 2 N–H and O–H groups in total. The highest BCUT2D eigenvalue weighted by molar-refractivity contribution is 7.84. The zero-order chi connectivity index (χ0) is 12.6. The molecule has 0 radical (unpaired) electrons. The van der Waals surface area contributed by atoms with E-state index in [1.807, 2.05) is 20.8 Å². The first kappa shape index (κ1) is 13.6. The third-order valence-electron chi connectivity index (χ3n) is 2.77. The molecule has 1 saturated heterocycles. The first-order valence-corrected chi connectivity index (χ1v) is 6.34. The highest BCUT2D eigenvalue weighted by Crippen LogP contribution is 2.28. The lowest BCUT2D eigenvalue weighted by atomic mass is 9.84. The molecule has 0 bridgehead atoms. The highest BCUT2D eigenvalue weighted by Gasteiger charge is 2.49. The van der Waals surface area contributed by atoms with Crippen molar-refractivity contribution in [3.8, 4) is 0 Å². The number of ether oxygens (including phenoxy) is 1. The fourth-order valence-electron chi connectivity index (χ4n) is 1.29. The van der Waals surface area contributed by atoms with Crippen LogP contribution in [0.1, 0.15) is 27.7 Å². The van der Waals surface area contributed by atoms with Crippen LogP contribution in [0.2, 0.25) is 0 Å². The maximum absolute atomic E-state index is 12.0. The van der Waals surface area contributed by atoms with Gasteiger partial charge in [-0.2, -0.15) is 0 Å². The summed E-state index contributed by atoms with van der Waals surface area (Å²) in [5.41, 5.74) is -0.691. The van der Waals surface area contributed by atoms with Gasteiger partial charge in [-0.15, -0.1) is 0 Å². The molecule has 94 valence electrons. The molecule has 0 spiro atoms. The Morgan fingerprint density at radius 1 is 1.50 bits per heavy atom. The van der Waals surface area contributed by atoms with E-state index < -0.39 is 33.2 Å². The third kappa shape index (κ3) is 2.61. The van der Waals surface area contributed by atoms with E-state index in [2.05, 4.69) is 4.72 Å². The van der Waals surface area contributed by atoms with Crippen LogP contribution in [-0.4, -0.2) is 38.8 Å². The second-order valence-electron chi connectivity index (χ2n) is 5.19. The Labute approximate surface area is 98.1 Å². The average molecular weight is 249 g/mol. The van der Waals surface area contributed by atoms with E-state index in [-0.39, 0.29) is 0 Å². The second kappa shape index (κ2) is 4.43. The fraction of sp³-hybridized carbons (Fsp3) is 0.900. The molecule has 1 aliphatic heterocycles. The Hall–Kier alpha value is -0.460. The van der Waals surface area contributed by atoms with Gasteiger partial charge in [0.25, 0.3) is 0 Å². The summed E-state index contributed by atoms with van der Waals surface area (Å²) in [6, 6.07) is 0. The van der Waals surface area contributed by atoms with Crippen LogP contribution in [0.3, 0.4) is 0 Å². The van der Waals surface area contributed by atoms with E-state index in [1.54, 1.807) is 6.92 Å². The minimum absolute atomic E-state index is 0.294.